The number of amides is 1. The maximum Gasteiger partial charge on any atom is 0.265 e. The van der Waals surface area contributed by atoms with Crippen LogP contribution in [0.25, 0.3) is 0 Å². The summed E-state index contributed by atoms with van der Waals surface area (Å²) in [6.45, 7) is 3.74. The monoisotopic (exact) mass is 357 g/mol. The van der Waals surface area contributed by atoms with Crippen LogP contribution < -0.4 is 14.8 Å². The molecule has 3 heterocycles. The number of aromatic nitrogens is 2. The summed E-state index contributed by atoms with van der Waals surface area (Å²) in [6, 6.07) is 7.24. The minimum atomic E-state index is -0.668. The predicted molar refractivity (Wildman–Crippen MR) is 94.1 cm³/mol. The van der Waals surface area contributed by atoms with Crippen LogP contribution in [0.4, 0.5) is 0 Å². The van der Waals surface area contributed by atoms with Gasteiger partial charge in [0.05, 0.1) is 6.04 Å². The van der Waals surface area contributed by atoms with Gasteiger partial charge in [-0.15, -0.1) is 0 Å². The predicted octanol–water partition coefficient (Wildman–Crippen LogP) is 2.08. The highest BCUT2D eigenvalue weighted by molar-refractivity contribution is 5.82. The molecule has 3 atom stereocenters. The zero-order chi connectivity index (χ0) is 17.9. The van der Waals surface area contributed by atoms with Gasteiger partial charge >= 0.3 is 0 Å². The lowest BCUT2D eigenvalue weighted by molar-refractivity contribution is -0.133. The highest BCUT2D eigenvalue weighted by Crippen LogP contribution is 2.32. The van der Waals surface area contributed by atoms with Crippen LogP contribution >= 0.6 is 0 Å². The zero-order valence-electron chi connectivity index (χ0n) is 14.8. The van der Waals surface area contributed by atoms with Crippen molar-refractivity contribution in [1.82, 2.24) is 14.9 Å². The van der Waals surface area contributed by atoms with E-state index in [4.69, 9.17) is 14.2 Å². The number of rotatable bonds is 4. The molecule has 0 radical (unpaired) electrons. The maximum absolute atomic E-state index is 12.7. The van der Waals surface area contributed by atoms with Crippen molar-refractivity contribution in [2.75, 3.05) is 13.2 Å². The summed E-state index contributed by atoms with van der Waals surface area (Å²) in [4.78, 5) is 17.2. The number of benzene rings is 1. The molecule has 1 amide bonds. The summed E-state index contributed by atoms with van der Waals surface area (Å²) >= 11 is 0. The molecule has 1 aromatic carbocycles. The highest BCUT2D eigenvalue weighted by atomic mass is 16.6. The van der Waals surface area contributed by atoms with Gasteiger partial charge in [-0.3, -0.25) is 4.79 Å². The van der Waals surface area contributed by atoms with Crippen molar-refractivity contribution in [2.24, 2.45) is 0 Å². The van der Waals surface area contributed by atoms with Gasteiger partial charge in [-0.1, -0.05) is 12.1 Å². The Kier molecular flexibility index (Phi) is 4.79. The maximum atomic E-state index is 12.7. The third-order valence-electron chi connectivity index (χ3n) is 4.79. The Morgan fingerprint density at radius 1 is 1.35 bits per heavy atom. The molecule has 138 valence electrons. The molecule has 2 aliphatic heterocycles. The zero-order valence-corrected chi connectivity index (χ0v) is 14.8. The number of hydrogen-bond acceptors (Lipinski definition) is 5. The first-order valence-corrected chi connectivity index (χ1v) is 9.07. The smallest absolute Gasteiger partial charge is 0.265 e. The largest absolute Gasteiger partial charge is 0.485 e. The fraction of sp³-hybridized carbons (Fsp3) is 0.474. The normalized spacial score (nSPS) is 24.9. The fourth-order valence-electron chi connectivity index (χ4n) is 3.45. The molecule has 2 aromatic rings. The number of imidazole rings is 1. The van der Waals surface area contributed by atoms with Gasteiger partial charge in [0.2, 0.25) is 6.10 Å². The van der Waals surface area contributed by atoms with Crippen LogP contribution in [0.2, 0.25) is 0 Å². The Morgan fingerprint density at radius 3 is 3.04 bits per heavy atom. The molecule has 7 nitrogen and oxygen atoms in total. The van der Waals surface area contributed by atoms with E-state index >= 15 is 0 Å². The van der Waals surface area contributed by atoms with Crippen molar-refractivity contribution in [2.45, 2.75) is 44.6 Å². The SMILES string of the molecule is CCn1ccnc1[C@H]1OCCC[C@@H]1NC(=O)C1COc2ccccc2O1. The van der Waals surface area contributed by atoms with E-state index in [0.29, 0.717) is 18.1 Å². The van der Waals surface area contributed by atoms with Crippen LogP contribution in [0.15, 0.2) is 36.7 Å². The molecular formula is C19H23N3O4. The Labute approximate surface area is 152 Å². The molecular weight excluding hydrogens is 334 g/mol. The average molecular weight is 357 g/mol. The second-order valence-corrected chi connectivity index (χ2v) is 6.48. The van der Waals surface area contributed by atoms with Gasteiger partial charge in [0.25, 0.3) is 5.91 Å². The van der Waals surface area contributed by atoms with Crippen LogP contribution in [0, 0.1) is 0 Å². The summed E-state index contributed by atoms with van der Waals surface area (Å²) in [5, 5.41) is 3.09. The van der Waals surface area contributed by atoms with Crippen LogP contribution in [-0.2, 0) is 16.1 Å². The second kappa shape index (κ2) is 7.37. The summed E-state index contributed by atoms with van der Waals surface area (Å²) in [6.07, 6.45) is 4.53. The van der Waals surface area contributed by atoms with Crippen LogP contribution in [-0.4, -0.2) is 40.8 Å². The number of para-hydroxylation sites is 2. The van der Waals surface area contributed by atoms with Gasteiger partial charge in [-0.2, -0.15) is 0 Å². The summed E-state index contributed by atoms with van der Waals surface area (Å²) < 4.78 is 19.5. The Morgan fingerprint density at radius 2 is 2.19 bits per heavy atom. The van der Waals surface area contributed by atoms with E-state index in [9.17, 15) is 4.79 Å². The minimum absolute atomic E-state index is 0.135. The van der Waals surface area contributed by atoms with Gasteiger partial charge in [-0.25, -0.2) is 4.98 Å². The third kappa shape index (κ3) is 3.26. The summed E-state index contributed by atoms with van der Waals surface area (Å²) in [5.74, 6) is 1.93. The number of ether oxygens (including phenoxy) is 3. The average Bonchev–Trinajstić information content (AvgIpc) is 3.16. The molecule has 1 unspecified atom stereocenters. The molecule has 1 saturated heterocycles. The van der Waals surface area contributed by atoms with Crippen molar-refractivity contribution in [1.29, 1.82) is 0 Å². The lowest BCUT2D eigenvalue weighted by Gasteiger charge is -2.34. The van der Waals surface area contributed by atoms with Gasteiger partial charge in [0, 0.05) is 25.5 Å². The summed E-state index contributed by atoms with van der Waals surface area (Å²) in [5.41, 5.74) is 0. The molecule has 0 bridgehead atoms. The number of hydrogen-bond donors (Lipinski definition) is 1. The van der Waals surface area contributed by atoms with Gasteiger partial charge in [0.1, 0.15) is 18.5 Å². The molecule has 1 fully saturated rings. The first-order valence-electron chi connectivity index (χ1n) is 9.07. The lowest BCUT2D eigenvalue weighted by atomic mass is 10.0. The number of carbonyl (C=O) groups is 1. The third-order valence-corrected chi connectivity index (χ3v) is 4.79. The van der Waals surface area contributed by atoms with Crippen LogP contribution in [0.3, 0.4) is 0 Å². The van der Waals surface area contributed by atoms with Gasteiger partial charge in [-0.05, 0) is 31.9 Å². The van der Waals surface area contributed by atoms with Gasteiger partial charge in [0.15, 0.2) is 11.5 Å². The van der Waals surface area contributed by atoms with E-state index in [0.717, 1.165) is 25.2 Å². The standard InChI is InChI=1S/C19H23N3O4/c1-2-22-10-9-20-18(22)17-13(6-5-11-24-17)21-19(23)16-12-25-14-7-3-4-8-15(14)26-16/h3-4,7-10,13,16-17H,2,5-6,11-12H2,1H3,(H,21,23)/t13-,16?,17-/m0/s1. The van der Waals surface area contributed by atoms with Crippen molar-refractivity contribution in [3.8, 4) is 11.5 Å². The molecule has 1 N–H and O–H groups in total. The Balaban J connectivity index is 1.46. The molecule has 0 saturated carbocycles. The van der Waals surface area contributed by atoms with Crippen LogP contribution in [0.5, 0.6) is 11.5 Å². The number of nitrogens with one attached hydrogen (secondary N) is 1. The van der Waals surface area contributed by atoms with Crippen molar-refractivity contribution >= 4 is 5.91 Å². The molecule has 26 heavy (non-hydrogen) atoms. The number of fused-ring (bicyclic) bond motifs is 1. The Bertz CT molecular complexity index is 776. The Hall–Kier alpha value is -2.54. The van der Waals surface area contributed by atoms with Crippen molar-refractivity contribution < 1.29 is 19.0 Å². The highest BCUT2D eigenvalue weighted by Gasteiger charge is 2.35. The van der Waals surface area contributed by atoms with Gasteiger partial charge < -0.3 is 24.1 Å². The molecule has 0 spiro atoms. The topological polar surface area (TPSA) is 74.6 Å². The van der Waals surface area contributed by atoms with Crippen LogP contribution in [0.1, 0.15) is 31.7 Å². The number of nitrogens with zero attached hydrogens (tertiary/aromatic N) is 2. The molecule has 7 heteroatoms. The first kappa shape index (κ1) is 16.9. The molecule has 4 rings (SSSR count). The van der Waals surface area contributed by atoms with E-state index in [1.54, 1.807) is 12.3 Å². The van der Waals surface area contributed by atoms with Crippen molar-refractivity contribution in [3.63, 3.8) is 0 Å². The minimum Gasteiger partial charge on any atom is -0.485 e. The van der Waals surface area contributed by atoms with Crippen molar-refractivity contribution in [3.05, 3.63) is 42.5 Å². The molecule has 2 aliphatic rings. The molecule has 1 aromatic heterocycles. The quantitative estimate of drug-likeness (QED) is 0.907. The van der Waals surface area contributed by atoms with E-state index in [1.165, 1.54) is 0 Å². The lowest BCUT2D eigenvalue weighted by Crippen LogP contribution is -2.51. The van der Waals surface area contributed by atoms with E-state index in [2.05, 4.69) is 17.2 Å². The van der Waals surface area contributed by atoms with E-state index < -0.39 is 6.10 Å². The van der Waals surface area contributed by atoms with E-state index in [1.807, 2.05) is 29.0 Å². The second-order valence-electron chi connectivity index (χ2n) is 6.48. The number of carbonyl (C=O) groups excluding carboxylic acids is 1. The first-order chi connectivity index (χ1) is 12.8. The number of aryl methyl sites for hydroxylation is 1. The summed E-state index contributed by atoms with van der Waals surface area (Å²) in [7, 11) is 0. The molecule has 0 aliphatic carbocycles. The fourth-order valence-corrected chi connectivity index (χ4v) is 3.45. The van der Waals surface area contributed by atoms with E-state index in [-0.39, 0.29) is 24.7 Å².